The standard InChI is InChI=1S/C23H19N5O2S/c1-16-7-2-3-9-19(16)22-25-26-23(28(22)14-18-8-6-12-30-18)31-15-17-13-21(29)27-11-5-4-10-20(27)24-17/h2-13H,14-15H2,1H3. The van der Waals surface area contributed by atoms with E-state index < -0.39 is 0 Å². The number of aryl methyl sites for hydroxylation is 1. The van der Waals surface area contributed by atoms with Crippen LogP contribution in [0.3, 0.4) is 0 Å². The number of fused-ring (bicyclic) bond motifs is 1. The minimum absolute atomic E-state index is 0.0983. The van der Waals surface area contributed by atoms with Crippen molar-refractivity contribution in [1.29, 1.82) is 0 Å². The van der Waals surface area contributed by atoms with Crippen LogP contribution in [0.5, 0.6) is 0 Å². The van der Waals surface area contributed by atoms with Crippen molar-refractivity contribution in [2.45, 2.75) is 24.4 Å². The Balaban J connectivity index is 1.49. The third-order valence-corrected chi connectivity index (χ3v) is 5.97. The summed E-state index contributed by atoms with van der Waals surface area (Å²) in [6.45, 7) is 2.57. The summed E-state index contributed by atoms with van der Waals surface area (Å²) < 4.78 is 9.14. The van der Waals surface area contributed by atoms with Crippen LogP contribution in [0, 0.1) is 6.92 Å². The highest BCUT2D eigenvalue weighted by atomic mass is 32.2. The van der Waals surface area contributed by atoms with Gasteiger partial charge in [0.1, 0.15) is 11.4 Å². The van der Waals surface area contributed by atoms with Crippen molar-refractivity contribution < 1.29 is 4.42 Å². The van der Waals surface area contributed by atoms with Crippen LogP contribution >= 0.6 is 11.8 Å². The van der Waals surface area contributed by atoms with Gasteiger partial charge in [-0.3, -0.25) is 13.8 Å². The van der Waals surface area contributed by atoms with Crippen LogP contribution in [-0.4, -0.2) is 24.1 Å². The lowest BCUT2D eigenvalue weighted by atomic mass is 10.1. The Hall–Kier alpha value is -3.65. The molecule has 31 heavy (non-hydrogen) atoms. The molecule has 0 saturated heterocycles. The molecular weight excluding hydrogens is 410 g/mol. The molecule has 0 aliphatic heterocycles. The van der Waals surface area contributed by atoms with E-state index in [0.717, 1.165) is 27.9 Å². The van der Waals surface area contributed by atoms with E-state index in [4.69, 9.17) is 4.42 Å². The second-order valence-corrected chi connectivity index (χ2v) is 8.03. The zero-order valence-electron chi connectivity index (χ0n) is 16.8. The van der Waals surface area contributed by atoms with E-state index in [1.165, 1.54) is 16.2 Å². The molecule has 0 aliphatic rings. The number of pyridine rings is 1. The summed E-state index contributed by atoms with van der Waals surface area (Å²) in [5.41, 5.74) is 3.38. The third kappa shape index (κ3) is 3.89. The van der Waals surface area contributed by atoms with Crippen LogP contribution in [0.15, 0.2) is 87.5 Å². The van der Waals surface area contributed by atoms with Crippen molar-refractivity contribution in [3.05, 3.63) is 100 Å². The smallest absolute Gasteiger partial charge is 0.258 e. The van der Waals surface area contributed by atoms with Crippen molar-refractivity contribution in [2.75, 3.05) is 0 Å². The largest absolute Gasteiger partial charge is 0.467 e. The average Bonchev–Trinajstić information content (AvgIpc) is 3.43. The predicted molar refractivity (Wildman–Crippen MR) is 119 cm³/mol. The molecule has 0 bridgehead atoms. The molecule has 0 unspecified atom stereocenters. The summed E-state index contributed by atoms with van der Waals surface area (Å²) in [6, 6.07) is 19.0. The number of benzene rings is 1. The van der Waals surface area contributed by atoms with Gasteiger partial charge in [0, 0.05) is 23.6 Å². The van der Waals surface area contributed by atoms with E-state index in [0.29, 0.717) is 23.6 Å². The molecular formula is C23H19N5O2S. The van der Waals surface area contributed by atoms with E-state index in [9.17, 15) is 4.79 Å². The van der Waals surface area contributed by atoms with Gasteiger partial charge in [-0.15, -0.1) is 10.2 Å². The van der Waals surface area contributed by atoms with Crippen LogP contribution in [0.2, 0.25) is 0 Å². The fourth-order valence-corrected chi connectivity index (χ4v) is 4.27. The molecule has 0 fully saturated rings. The Morgan fingerprint density at radius 1 is 1.03 bits per heavy atom. The van der Waals surface area contributed by atoms with Crippen molar-refractivity contribution in [1.82, 2.24) is 24.1 Å². The summed E-state index contributed by atoms with van der Waals surface area (Å²) >= 11 is 1.50. The monoisotopic (exact) mass is 429 g/mol. The van der Waals surface area contributed by atoms with Crippen LogP contribution in [0.1, 0.15) is 17.0 Å². The maximum Gasteiger partial charge on any atom is 0.258 e. The number of rotatable bonds is 6. The van der Waals surface area contributed by atoms with Gasteiger partial charge in [-0.1, -0.05) is 42.1 Å². The Labute approximate surface area is 182 Å². The first-order chi connectivity index (χ1) is 15.2. The van der Waals surface area contributed by atoms with Crippen LogP contribution < -0.4 is 5.56 Å². The van der Waals surface area contributed by atoms with Crippen molar-refractivity contribution >= 4 is 17.4 Å². The average molecular weight is 430 g/mol. The summed E-state index contributed by atoms with van der Waals surface area (Å²) in [6.07, 6.45) is 3.38. The van der Waals surface area contributed by atoms with Gasteiger partial charge in [-0.25, -0.2) is 4.98 Å². The minimum Gasteiger partial charge on any atom is -0.467 e. The molecule has 0 amide bonds. The molecule has 0 spiro atoms. The van der Waals surface area contributed by atoms with Gasteiger partial charge >= 0.3 is 0 Å². The molecule has 4 heterocycles. The summed E-state index contributed by atoms with van der Waals surface area (Å²) in [5.74, 6) is 2.10. The SMILES string of the molecule is Cc1ccccc1-c1nnc(SCc2cc(=O)n3ccccc3n2)n1Cc1ccco1. The molecule has 0 saturated carbocycles. The molecule has 0 N–H and O–H groups in total. The van der Waals surface area contributed by atoms with Crippen molar-refractivity contribution in [3.63, 3.8) is 0 Å². The quantitative estimate of drug-likeness (QED) is 0.377. The zero-order valence-corrected chi connectivity index (χ0v) is 17.6. The number of aromatic nitrogens is 5. The highest BCUT2D eigenvalue weighted by molar-refractivity contribution is 7.98. The first-order valence-corrected chi connectivity index (χ1v) is 10.8. The van der Waals surface area contributed by atoms with Gasteiger partial charge in [-0.2, -0.15) is 0 Å². The van der Waals surface area contributed by atoms with E-state index in [2.05, 4.69) is 28.2 Å². The van der Waals surface area contributed by atoms with E-state index in [1.807, 2.05) is 53.1 Å². The number of hydrogen-bond acceptors (Lipinski definition) is 6. The van der Waals surface area contributed by atoms with Gasteiger partial charge in [0.15, 0.2) is 11.0 Å². The fourth-order valence-electron chi connectivity index (χ4n) is 3.43. The van der Waals surface area contributed by atoms with Crippen LogP contribution in [-0.2, 0) is 12.3 Å². The molecule has 1 aromatic carbocycles. The molecule has 0 radical (unpaired) electrons. The number of nitrogens with zero attached hydrogens (tertiary/aromatic N) is 5. The highest BCUT2D eigenvalue weighted by Gasteiger charge is 2.17. The lowest BCUT2D eigenvalue weighted by Crippen LogP contribution is -2.14. The zero-order chi connectivity index (χ0) is 21.2. The molecule has 4 aromatic heterocycles. The second-order valence-electron chi connectivity index (χ2n) is 7.09. The molecule has 7 nitrogen and oxygen atoms in total. The highest BCUT2D eigenvalue weighted by Crippen LogP contribution is 2.28. The van der Waals surface area contributed by atoms with Crippen LogP contribution in [0.4, 0.5) is 0 Å². The maximum absolute atomic E-state index is 12.4. The van der Waals surface area contributed by atoms with E-state index in [1.54, 1.807) is 18.5 Å². The Kier molecular flexibility index (Phi) is 5.13. The van der Waals surface area contributed by atoms with Gasteiger partial charge in [0.05, 0.1) is 18.5 Å². The predicted octanol–water partition coefficient (Wildman–Crippen LogP) is 4.20. The molecule has 0 atom stereocenters. The topological polar surface area (TPSA) is 78.2 Å². The Bertz CT molecular complexity index is 1410. The maximum atomic E-state index is 12.4. The number of thioether (sulfide) groups is 1. The van der Waals surface area contributed by atoms with E-state index in [-0.39, 0.29) is 5.56 Å². The number of hydrogen-bond donors (Lipinski definition) is 0. The van der Waals surface area contributed by atoms with Crippen LogP contribution in [0.25, 0.3) is 17.0 Å². The molecule has 0 aliphatic carbocycles. The number of furan rings is 1. The molecule has 5 rings (SSSR count). The third-order valence-electron chi connectivity index (χ3n) is 4.97. The first-order valence-electron chi connectivity index (χ1n) is 9.81. The first kappa shape index (κ1) is 19.3. The van der Waals surface area contributed by atoms with Crippen molar-refractivity contribution in [3.8, 4) is 11.4 Å². The molecule has 5 aromatic rings. The van der Waals surface area contributed by atoms with E-state index >= 15 is 0 Å². The van der Waals surface area contributed by atoms with Gasteiger partial charge in [0.25, 0.3) is 5.56 Å². The summed E-state index contributed by atoms with van der Waals surface area (Å²) in [5, 5.41) is 9.65. The molecule has 154 valence electrons. The lowest BCUT2D eigenvalue weighted by molar-refractivity contribution is 0.485. The van der Waals surface area contributed by atoms with Gasteiger partial charge in [0.2, 0.25) is 0 Å². The normalized spacial score (nSPS) is 11.3. The van der Waals surface area contributed by atoms with Gasteiger partial charge < -0.3 is 4.42 Å². The summed E-state index contributed by atoms with van der Waals surface area (Å²) in [4.78, 5) is 17.0. The molecule has 8 heteroatoms. The van der Waals surface area contributed by atoms with Gasteiger partial charge in [-0.05, 0) is 36.8 Å². The van der Waals surface area contributed by atoms with Crippen molar-refractivity contribution in [2.24, 2.45) is 0 Å². The second kappa shape index (κ2) is 8.23. The Morgan fingerprint density at radius 2 is 1.90 bits per heavy atom. The summed E-state index contributed by atoms with van der Waals surface area (Å²) in [7, 11) is 0. The Morgan fingerprint density at radius 3 is 2.74 bits per heavy atom. The fraction of sp³-hybridized carbons (Fsp3) is 0.130. The minimum atomic E-state index is -0.0983. The lowest BCUT2D eigenvalue weighted by Gasteiger charge is -2.10.